The van der Waals surface area contributed by atoms with Crippen LogP contribution in [0.5, 0.6) is 0 Å². The quantitative estimate of drug-likeness (QED) is 0.434. The molecular weight excluding hydrogens is 250 g/mol. The average Bonchev–Trinajstić information content (AvgIpc) is 2.33. The summed E-state index contributed by atoms with van der Waals surface area (Å²) >= 11 is 0. The Morgan fingerprint density at radius 2 is 2.00 bits per heavy atom. The second-order valence-electron chi connectivity index (χ2n) is 3.41. The number of nitrogens with two attached hydrogens (primary N) is 1. The van der Waals surface area contributed by atoms with Crippen LogP contribution in [0.2, 0.25) is 0 Å². The second kappa shape index (κ2) is 16.2. The normalized spacial score (nSPS) is 11.2. The molecule has 0 aliphatic heterocycles. The Morgan fingerprint density at radius 1 is 1.35 bits per heavy atom. The van der Waals surface area contributed by atoms with Crippen molar-refractivity contribution in [1.29, 1.82) is 0 Å². The number of ether oxygens (including phenoxy) is 1. The van der Waals surface area contributed by atoms with Crippen molar-refractivity contribution in [2.24, 2.45) is 11.7 Å². The van der Waals surface area contributed by atoms with Crippen LogP contribution in [0.1, 0.15) is 42.0 Å². The molecule has 0 saturated heterocycles. The van der Waals surface area contributed by atoms with Crippen LogP contribution in [0, 0.1) is 17.8 Å². The first kappa shape index (κ1) is 19.5. The van der Waals surface area contributed by atoms with Gasteiger partial charge >= 0.3 is 0 Å². The molecule has 1 atom stereocenters. The molecule has 0 aromatic carbocycles. The van der Waals surface area contributed by atoms with Crippen molar-refractivity contribution in [2.75, 3.05) is 19.4 Å². The molecule has 0 heterocycles. The molecule has 4 heteroatoms. The van der Waals surface area contributed by atoms with Gasteiger partial charge in [0.15, 0.2) is 0 Å². The number of hydrogen-bond acceptors (Lipinski definition) is 4. The number of hydrogen-bond donors (Lipinski definition) is 1. The van der Waals surface area contributed by atoms with Gasteiger partial charge in [-0.25, -0.2) is 0 Å². The Bertz CT molecular complexity index is 205. The van der Waals surface area contributed by atoms with Crippen molar-refractivity contribution in [3.8, 4) is 11.8 Å². The highest BCUT2D eigenvalue weighted by atomic mass is 33.1. The summed E-state index contributed by atoms with van der Waals surface area (Å²) in [6.07, 6.45) is 4.07. The van der Waals surface area contributed by atoms with E-state index in [9.17, 15) is 0 Å². The molecule has 0 amide bonds. The third-order valence-corrected chi connectivity index (χ3v) is 3.58. The standard InChI is InChI=1S/C11H21NOS2.C2H6.H2/c1-10(2)6-5-9-13-11(15-14-3)7-4-8-12;1-2;/h10-11H,4,7-9,12H2,1-3H3;1-2H3;1H. The van der Waals surface area contributed by atoms with Crippen molar-refractivity contribution in [2.45, 2.75) is 46.0 Å². The van der Waals surface area contributed by atoms with E-state index in [2.05, 4.69) is 31.9 Å². The maximum Gasteiger partial charge on any atom is 0.114 e. The zero-order valence-corrected chi connectivity index (χ0v) is 13.4. The molecule has 1 unspecified atom stereocenters. The van der Waals surface area contributed by atoms with Crippen molar-refractivity contribution in [1.82, 2.24) is 0 Å². The van der Waals surface area contributed by atoms with Crippen molar-refractivity contribution >= 4 is 21.6 Å². The smallest absolute Gasteiger partial charge is 0.114 e. The van der Waals surface area contributed by atoms with Crippen molar-refractivity contribution in [3.63, 3.8) is 0 Å². The fourth-order valence-electron chi connectivity index (χ4n) is 0.931. The van der Waals surface area contributed by atoms with Gasteiger partial charge < -0.3 is 10.5 Å². The fraction of sp³-hybridized carbons (Fsp3) is 0.846. The van der Waals surface area contributed by atoms with E-state index in [0.717, 1.165) is 19.4 Å². The lowest BCUT2D eigenvalue weighted by Crippen LogP contribution is -2.10. The first-order valence-corrected chi connectivity index (χ1v) is 8.82. The molecule has 17 heavy (non-hydrogen) atoms. The van der Waals surface area contributed by atoms with Gasteiger partial charge in [-0.3, -0.25) is 0 Å². The van der Waals surface area contributed by atoms with Crippen molar-refractivity contribution in [3.05, 3.63) is 0 Å². The van der Waals surface area contributed by atoms with E-state index in [-0.39, 0.29) is 6.86 Å². The molecule has 0 aromatic heterocycles. The molecule has 0 aromatic rings. The van der Waals surface area contributed by atoms with Crippen LogP contribution in [-0.4, -0.2) is 24.8 Å². The first-order valence-electron chi connectivity index (χ1n) is 6.20. The van der Waals surface area contributed by atoms with E-state index in [0.29, 0.717) is 12.5 Å². The van der Waals surface area contributed by atoms with Gasteiger partial charge in [-0.1, -0.05) is 61.1 Å². The van der Waals surface area contributed by atoms with Gasteiger partial charge in [-0.05, 0) is 25.6 Å². The van der Waals surface area contributed by atoms with Gasteiger partial charge in [0.25, 0.3) is 0 Å². The molecule has 0 aliphatic carbocycles. The summed E-state index contributed by atoms with van der Waals surface area (Å²) in [5.41, 5.74) is 5.69. The third-order valence-electron chi connectivity index (χ3n) is 1.58. The summed E-state index contributed by atoms with van der Waals surface area (Å²) in [5, 5.41) is 0. The molecule has 0 spiro atoms. The van der Waals surface area contributed by atoms with Gasteiger partial charge in [-0.2, -0.15) is 0 Å². The summed E-state index contributed by atoms with van der Waals surface area (Å²) in [6, 6.07) is 0. The minimum atomic E-state index is 0. The highest BCUT2D eigenvalue weighted by Crippen LogP contribution is 2.27. The lowest BCUT2D eigenvalue weighted by Gasteiger charge is -2.13. The fourth-order valence-corrected chi connectivity index (χ4v) is 2.63. The monoisotopic (exact) mass is 279 g/mol. The first-order chi connectivity index (χ1) is 8.20. The Kier molecular flexibility index (Phi) is 18.6. The Morgan fingerprint density at radius 3 is 2.47 bits per heavy atom. The Balaban J connectivity index is -0.000000709. The van der Waals surface area contributed by atoms with Gasteiger partial charge in [0, 0.05) is 7.34 Å². The molecule has 104 valence electrons. The van der Waals surface area contributed by atoms with Gasteiger partial charge in [0.2, 0.25) is 0 Å². The molecule has 0 fully saturated rings. The largest absolute Gasteiger partial charge is 0.354 e. The van der Waals surface area contributed by atoms with Crippen molar-refractivity contribution < 1.29 is 6.16 Å². The van der Waals surface area contributed by atoms with Gasteiger partial charge in [-0.15, -0.1) is 0 Å². The van der Waals surface area contributed by atoms with E-state index < -0.39 is 0 Å². The summed E-state index contributed by atoms with van der Waals surface area (Å²) in [7, 11) is 3.47. The minimum Gasteiger partial charge on any atom is -0.354 e. The van der Waals surface area contributed by atoms with E-state index in [1.807, 2.05) is 13.8 Å². The highest BCUT2D eigenvalue weighted by Gasteiger charge is 2.07. The summed E-state index contributed by atoms with van der Waals surface area (Å²) in [6.45, 7) is 9.42. The second-order valence-corrected chi connectivity index (χ2v) is 6.04. The molecule has 0 aliphatic rings. The van der Waals surface area contributed by atoms with Gasteiger partial charge in [0.05, 0.1) is 0 Å². The van der Waals surface area contributed by atoms with E-state index >= 15 is 0 Å². The summed E-state index contributed by atoms with van der Waals surface area (Å²) in [4.78, 5) is 0. The molecule has 2 nitrogen and oxygen atoms in total. The topological polar surface area (TPSA) is 35.2 Å². The average molecular weight is 280 g/mol. The predicted molar refractivity (Wildman–Crippen MR) is 85.2 cm³/mol. The molecule has 2 N–H and O–H groups in total. The summed E-state index contributed by atoms with van der Waals surface area (Å²) in [5.74, 6) is 6.53. The molecule has 0 saturated carbocycles. The maximum atomic E-state index is 5.65. The zero-order chi connectivity index (χ0) is 13.5. The third kappa shape index (κ3) is 16.2. The van der Waals surface area contributed by atoms with Crippen LogP contribution < -0.4 is 5.73 Å². The summed E-state index contributed by atoms with van der Waals surface area (Å²) < 4.78 is 5.65. The molecule has 0 rings (SSSR count). The van der Waals surface area contributed by atoms with Crippen LogP contribution in [-0.2, 0) is 4.74 Å². The minimum absolute atomic E-state index is 0. The Hall–Kier alpha value is 0.180. The maximum absolute atomic E-state index is 5.65. The molecule has 0 radical (unpaired) electrons. The molecular formula is C13H29NOS2. The van der Waals surface area contributed by atoms with E-state index in [1.165, 1.54) is 0 Å². The lowest BCUT2D eigenvalue weighted by atomic mass is 10.2. The van der Waals surface area contributed by atoms with Crippen LogP contribution in [0.3, 0.4) is 0 Å². The van der Waals surface area contributed by atoms with Gasteiger partial charge in [0.1, 0.15) is 12.0 Å². The highest BCUT2D eigenvalue weighted by molar-refractivity contribution is 8.76. The van der Waals surface area contributed by atoms with Crippen LogP contribution >= 0.6 is 21.6 Å². The van der Waals surface area contributed by atoms with Crippen LogP contribution in [0.4, 0.5) is 0 Å². The van der Waals surface area contributed by atoms with E-state index in [1.54, 1.807) is 21.6 Å². The van der Waals surface area contributed by atoms with Crippen LogP contribution in [0.25, 0.3) is 0 Å². The predicted octanol–water partition coefficient (Wildman–Crippen LogP) is 4.01. The zero-order valence-electron chi connectivity index (χ0n) is 11.8. The Labute approximate surface area is 117 Å². The lowest BCUT2D eigenvalue weighted by molar-refractivity contribution is 0.137. The van der Waals surface area contributed by atoms with Crippen LogP contribution in [0.15, 0.2) is 0 Å². The van der Waals surface area contributed by atoms with E-state index in [4.69, 9.17) is 10.5 Å². The molecule has 0 bridgehead atoms. The SMILES string of the molecule is CC.CSSC(CCCN)OCC#CC(C)C.[HH]. The number of rotatable bonds is 7.